The third-order valence-electron chi connectivity index (χ3n) is 4.12. The van der Waals surface area contributed by atoms with Crippen molar-refractivity contribution in [1.29, 1.82) is 0 Å². The van der Waals surface area contributed by atoms with E-state index in [0.29, 0.717) is 25.2 Å². The van der Waals surface area contributed by atoms with Crippen molar-refractivity contribution in [3.05, 3.63) is 24.5 Å². The van der Waals surface area contributed by atoms with Gasteiger partial charge in [-0.1, -0.05) is 0 Å². The summed E-state index contributed by atoms with van der Waals surface area (Å²) >= 11 is 0. The Labute approximate surface area is 139 Å². The molecule has 1 saturated heterocycles. The molecule has 128 valence electrons. The lowest BCUT2D eigenvalue weighted by atomic mass is 10.0. The van der Waals surface area contributed by atoms with E-state index in [0.717, 1.165) is 37.6 Å². The van der Waals surface area contributed by atoms with Crippen LogP contribution in [-0.4, -0.2) is 61.2 Å². The molecule has 1 aromatic rings. The van der Waals surface area contributed by atoms with Crippen LogP contribution in [0.25, 0.3) is 0 Å². The van der Waals surface area contributed by atoms with E-state index in [1.54, 1.807) is 19.4 Å². The van der Waals surface area contributed by atoms with Gasteiger partial charge >= 0.3 is 0 Å². The normalized spacial score (nSPS) is 17.3. The Morgan fingerprint density at radius 2 is 2.22 bits per heavy atom. The third kappa shape index (κ3) is 6.06. The minimum absolute atomic E-state index is 0.496. The highest BCUT2D eigenvalue weighted by Crippen LogP contribution is 2.12. The quantitative estimate of drug-likeness (QED) is 0.473. The highest BCUT2D eigenvalue weighted by Gasteiger charge is 2.21. The second-order valence-electron chi connectivity index (χ2n) is 6.08. The van der Waals surface area contributed by atoms with Gasteiger partial charge in [0.05, 0.1) is 12.7 Å². The van der Waals surface area contributed by atoms with Crippen molar-refractivity contribution in [2.45, 2.75) is 38.8 Å². The average molecular weight is 319 g/mol. The van der Waals surface area contributed by atoms with E-state index in [2.05, 4.69) is 39.4 Å². The number of hydrogen-bond donors (Lipinski definition) is 2. The topological polar surface area (TPSA) is 61.8 Å². The molecule has 0 unspecified atom stereocenters. The van der Waals surface area contributed by atoms with E-state index in [1.807, 2.05) is 12.1 Å². The van der Waals surface area contributed by atoms with Gasteiger partial charge < -0.3 is 20.3 Å². The minimum Gasteiger partial charge on any atom is -0.490 e. The molecule has 1 aromatic heterocycles. The highest BCUT2D eigenvalue weighted by atomic mass is 16.5. The van der Waals surface area contributed by atoms with E-state index >= 15 is 0 Å². The van der Waals surface area contributed by atoms with Gasteiger partial charge in [0.15, 0.2) is 5.96 Å². The summed E-state index contributed by atoms with van der Waals surface area (Å²) in [7, 11) is 1.81. The maximum Gasteiger partial charge on any atom is 0.191 e. The van der Waals surface area contributed by atoms with E-state index < -0.39 is 0 Å². The number of guanidine groups is 1. The van der Waals surface area contributed by atoms with Crippen molar-refractivity contribution in [3.8, 4) is 5.75 Å². The summed E-state index contributed by atoms with van der Waals surface area (Å²) in [6, 6.07) is 4.91. The molecule has 0 amide bonds. The van der Waals surface area contributed by atoms with Crippen LogP contribution in [0.5, 0.6) is 5.75 Å². The molecule has 1 aliphatic heterocycles. The van der Waals surface area contributed by atoms with Gasteiger partial charge in [-0.05, 0) is 38.8 Å². The maximum absolute atomic E-state index is 5.62. The summed E-state index contributed by atoms with van der Waals surface area (Å²) in [6.45, 7) is 8.11. The second-order valence-corrected chi connectivity index (χ2v) is 6.08. The van der Waals surface area contributed by atoms with Crippen molar-refractivity contribution < 1.29 is 4.74 Å². The molecule has 0 aromatic carbocycles. The average Bonchev–Trinajstić information content (AvgIpc) is 2.59. The molecule has 0 bridgehead atoms. The van der Waals surface area contributed by atoms with Crippen LogP contribution in [0.1, 0.15) is 26.7 Å². The lowest BCUT2D eigenvalue weighted by molar-refractivity contribution is 0.167. The molecule has 2 heterocycles. The smallest absolute Gasteiger partial charge is 0.191 e. The van der Waals surface area contributed by atoms with Crippen LogP contribution in [-0.2, 0) is 0 Å². The van der Waals surface area contributed by atoms with Gasteiger partial charge in [0, 0.05) is 38.4 Å². The molecule has 0 saturated carbocycles. The number of likely N-dealkylation sites (tertiary alicyclic amines) is 1. The first-order chi connectivity index (χ1) is 11.2. The molecule has 0 atom stereocenters. The molecule has 6 heteroatoms. The summed E-state index contributed by atoms with van der Waals surface area (Å²) in [5.74, 6) is 1.64. The Balaban J connectivity index is 1.64. The predicted molar refractivity (Wildman–Crippen MR) is 94.0 cm³/mol. The standard InChI is InChI=1S/C17H29N5O/c1-14(2)22-10-6-15(7-11-22)21-17(18-3)20-9-12-23-16-5-4-8-19-13-16/h4-5,8,13-15H,6-7,9-12H2,1-3H3,(H2,18,20,21). The third-order valence-corrected chi connectivity index (χ3v) is 4.12. The van der Waals surface area contributed by atoms with E-state index in [1.165, 1.54) is 0 Å². The number of pyridine rings is 1. The highest BCUT2D eigenvalue weighted by molar-refractivity contribution is 5.79. The van der Waals surface area contributed by atoms with E-state index in [-0.39, 0.29) is 0 Å². The first-order valence-electron chi connectivity index (χ1n) is 8.43. The molecule has 0 aliphatic carbocycles. The van der Waals surface area contributed by atoms with Crippen molar-refractivity contribution in [2.75, 3.05) is 33.3 Å². The number of aliphatic imine (C=N–C) groups is 1. The first kappa shape index (κ1) is 17.5. The number of nitrogens with zero attached hydrogens (tertiary/aromatic N) is 3. The van der Waals surface area contributed by atoms with Gasteiger partial charge in [-0.25, -0.2) is 0 Å². The SMILES string of the molecule is CN=C(NCCOc1cccnc1)NC1CCN(C(C)C)CC1. The Morgan fingerprint density at radius 3 is 2.83 bits per heavy atom. The summed E-state index contributed by atoms with van der Waals surface area (Å²) in [4.78, 5) is 10.8. The molecule has 0 spiro atoms. The number of rotatable bonds is 6. The van der Waals surface area contributed by atoms with Gasteiger partial charge in [-0.15, -0.1) is 0 Å². The van der Waals surface area contributed by atoms with Gasteiger partial charge in [-0.3, -0.25) is 9.98 Å². The molecule has 0 radical (unpaired) electrons. The number of ether oxygens (including phenoxy) is 1. The number of hydrogen-bond acceptors (Lipinski definition) is 4. The van der Waals surface area contributed by atoms with Crippen molar-refractivity contribution >= 4 is 5.96 Å². The first-order valence-corrected chi connectivity index (χ1v) is 8.43. The van der Waals surface area contributed by atoms with Crippen LogP contribution in [0.4, 0.5) is 0 Å². The fraction of sp³-hybridized carbons (Fsp3) is 0.647. The molecule has 6 nitrogen and oxygen atoms in total. The van der Waals surface area contributed by atoms with Crippen LogP contribution in [0.15, 0.2) is 29.5 Å². The fourth-order valence-corrected chi connectivity index (χ4v) is 2.72. The molecule has 1 fully saturated rings. The zero-order valence-electron chi connectivity index (χ0n) is 14.5. The summed E-state index contributed by atoms with van der Waals surface area (Å²) in [6.07, 6.45) is 5.77. The van der Waals surface area contributed by atoms with Crippen molar-refractivity contribution in [3.63, 3.8) is 0 Å². The Hall–Kier alpha value is -1.82. The Kier molecular flexibility index (Phi) is 7.13. The molecular weight excluding hydrogens is 290 g/mol. The lowest BCUT2D eigenvalue weighted by Gasteiger charge is -2.35. The van der Waals surface area contributed by atoms with Crippen LogP contribution in [0.2, 0.25) is 0 Å². The van der Waals surface area contributed by atoms with Gasteiger partial charge in [0.1, 0.15) is 12.4 Å². The number of piperidine rings is 1. The number of aromatic nitrogens is 1. The largest absolute Gasteiger partial charge is 0.490 e. The molecule has 2 N–H and O–H groups in total. The lowest BCUT2D eigenvalue weighted by Crippen LogP contribution is -2.50. The monoisotopic (exact) mass is 319 g/mol. The summed E-state index contributed by atoms with van der Waals surface area (Å²) < 4.78 is 5.62. The Bertz CT molecular complexity index is 469. The molecular formula is C17H29N5O. The zero-order chi connectivity index (χ0) is 16.5. The van der Waals surface area contributed by atoms with E-state index in [4.69, 9.17) is 4.74 Å². The summed E-state index contributed by atoms with van der Waals surface area (Å²) in [5.41, 5.74) is 0. The molecule has 1 aliphatic rings. The maximum atomic E-state index is 5.62. The minimum atomic E-state index is 0.496. The second kappa shape index (κ2) is 9.35. The predicted octanol–water partition coefficient (Wildman–Crippen LogP) is 1.50. The summed E-state index contributed by atoms with van der Waals surface area (Å²) in [5, 5.41) is 6.81. The van der Waals surface area contributed by atoms with Crippen molar-refractivity contribution in [2.24, 2.45) is 4.99 Å². The van der Waals surface area contributed by atoms with Crippen LogP contribution in [0.3, 0.4) is 0 Å². The van der Waals surface area contributed by atoms with E-state index in [9.17, 15) is 0 Å². The zero-order valence-corrected chi connectivity index (χ0v) is 14.5. The molecule has 23 heavy (non-hydrogen) atoms. The van der Waals surface area contributed by atoms with Gasteiger partial charge in [0.25, 0.3) is 0 Å². The number of nitrogens with one attached hydrogen (secondary N) is 2. The van der Waals surface area contributed by atoms with Crippen LogP contribution < -0.4 is 15.4 Å². The van der Waals surface area contributed by atoms with Crippen LogP contribution >= 0.6 is 0 Å². The molecule has 2 rings (SSSR count). The van der Waals surface area contributed by atoms with Crippen molar-refractivity contribution in [1.82, 2.24) is 20.5 Å². The van der Waals surface area contributed by atoms with Gasteiger partial charge in [0.2, 0.25) is 0 Å². The fourth-order valence-electron chi connectivity index (χ4n) is 2.72. The van der Waals surface area contributed by atoms with Gasteiger partial charge in [-0.2, -0.15) is 0 Å². The Morgan fingerprint density at radius 1 is 1.43 bits per heavy atom. The van der Waals surface area contributed by atoms with Crippen LogP contribution in [0, 0.1) is 0 Å².